The second-order valence-electron chi connectivity index (χ2n) is 10.4. The molecule has 0 spiro atoms. The summed E-state index contributed by atoms with van der Waals surface area (Å²) < 4.78 is 0.931. The molecule has 2 aliphatic heterocycles. The van der Waals surface area contributed by atoms with Gasteiger partial charge in [0.2, 0.25) is 5.91 Å². The molecular weight excluding hydrogens is 524 g/mol. The number of amides is 3. The zero-order chi connectivity index (χ0) is 25.4. The lowest BCUT2D eigenvalue weighted by atomic mass is 9.76. The Balaban J connectivity index is 1.31. The molecule has 1 atom stereocenters. The number of fused-ring (bicyclic) bond motifs is 2. The Morgan fingerprint density at radius 3 is 2.33 bits per heavy atom. The second kappa shape index (κ2) is 10.3. The Kier molecular flexibility index (Phi) is 7.10. The van der Waals surface area contributed by atoms with Crippen LogP contribution in [0.15, 0.2) is 28.9 Å². The number of rotatable bonds is 3. The molecule has 2 fully saturated rings. The van der Waals surface area contributed by atoms with Crippen molar-refractivity contribution in [1.82, 2.24) is 14.8 Å². The number of benzene rings is 1. The van der Waals surface area contributed by atoms with E-state index in [2.05, 4.69) is 22.0 Å². The number of nitrogens with two attached hydrogens (primary N) is 1. The van der Waals surface area contributed by atoms with Crippen LogP contribution < -0.4 is 5.73 Å². The predicted octanol–water partition coefficient (Wildman–Crippen LogP) is 3.91. The SMILES string of the molecule is NC(=O)N1CCC(CC(=O)N2CCC(C3c4ncc(Br)cc4CCc4cc(O)cc(O)c43)CC2)CC1. The number of nitrogens with zero attached hydrogens (tertiary/aromatic N) is 3. The van der Waals surface area contributed by atoms with E-state index in [0.29, 0.717) is 38.5 Å². The van der Waals surface area contributed by atoms with Gasteiger partial charge in [-0.1, -0.05) is 0 Å². The number of halogens is 1. The molecule has 0 radical (unpaired) electrons. The quantitative estimate of drug-likeness (QED) is 0.529. The first-order valence-electron chi connectivity index (χ1n) is 12.8. The first-order chi connectivity index (χ1) is 17.3. The van der Waals surface area contributed by atoms with Crippen molar-refractivity contribution in [2.24, 2.45) is 17.6 Å². The van der Waals surface area contributed by atoms with Gasteiger partial charge in [-0.05, 0) is 89.6 Å². The summed E-state index contributed by atoms with van der Waals surface area (Å²) in [5.74, 6) is 0.816. The molecule has 1 aromatic heterocycles. The van der Waals surface area contributed by atoms with Crippen LogP contribution in [0.2, 0.25) is 0 Å². The van der Waals surface area contributed by atoms with E-state index in [-0.39, 0.29) is 35.3 Å². The first-order valence-corrected chi connectivity index (χ1v) is 13.6. The Morgan fingerprint density at radius 2 is 1.64 bits per heavy atom. The smallest absolute Gasteiger partial charge is 0.314 e. The number of hydrogen-bond donors (Lipinski definition) is 3. The van der Waals surface area contributed by atoms with Gasteiger partial charge in [0.25, 0.3) is 0 Å². The van der Waals surface area contributed by atoms with Gasteiger partial charge < -0.3 is 25.7 Å². The summed E-state index contributed by atoms with van der Waals surface area (Å²) >= 11 is 3.55. The fourth-order valence-electron chi connectivity index (χ4n) is 6.30. The van der Waals surface area contributed by atoms with Crippen LogP contribution in [-0.2, 0) is 17.6 Å². The molecule has 2 saturated heterocycles. The largest absolute Gasteiger partial charge is 0.508 e. The molecule has 3 amide bonds. The number of pyridine rings is 1. The standard InChI is InChI=1S/C27H33BrN4O4/c28-20-12-19-2-1-18-13-21(33)14-22(34)24(18)25(26(19)30-15-20)17-5-9-31(10-6-17)23(35)11-16-3-7-32(8-4-16)27(29)36/h12-17,25,33-34H,1-11H2,(H2,29,36). The number of phenols is 2. The van der Waals surface area contributed by atoms with Crippen molar-refractivity contribution < 1.29 is 19.8 Å². The van der Waals surface area contributed by atoms with E-state index in [4.69, 9.17) is 10.7 Å². The number of urea groups is 1. The highest BCUT2D eigenvalue weighted by molar-refractivity contribution is 9.10. The monoisotopic (exact) mass is 556 g/mol. The molecule has 9 heteroatoms. The third-order valence-electron chi connectivity index (χ3n) is 8.22. The number of piperidine rings is 2. The van der Waals surface area contributed by atoms with Crippen molar-refractivity contribution in [2.75, 3.05) is 26.2 Å². The summed E-state index contributed by atoms with van der Waals surface area (Å²) in [6, 6.07) is 4.93. The number of hydrogen-bond acceptors (Lipinski definition) is 5. The Labute approximate surface area is 219 Å². The van der Waals surface area contributed by atoms with Crippen LogP contribution in [0.25, 0.3) is 0 Å². The van der Waals surface area contributed by atoms with Crippen molar-refractivity contribution in [3.63, 3.8) is 0 Å². The maximum absolute atomic E-state index is 13.1. The number of aromatic nitrogens is 1. The van der Waals surface area contributed by atoms with Crippen molar-refractivity contribution in [1.29, 1.82) is 0 Å². The van der Waals surface area contributed by atoms with Crippen LogP contribution >= 0.6 is 15.9 Å². The molecule has 3 aliphatic rings. The maximum Gasteiger partial charge on any atom is 0.314 e. The summed E-state index contributed by atoms with van der Waals surface area (Å²) in [6.07, 6.45) is 7.13. The fraction of sp³-hybridized carbons (Fsp3) is 0.519. The summed E-state index contributed by atoms with van der Waals surface area (Å²) in [6.45, 7) is 2.61. The van der Waals surface area contributed by atoms with E-state index < -0.39 is 0 Å². The molecule has 3 heterocycles. The highest BCUT2D eigenvalue weighted by Crippen LogP contribution is 2.47. The molecule has 192 valence electrons. The molecule has 2 aromatic rings. The van der Waals surface area contributed by atoms with E-state index in [9.17, 15) is 19.8 Å². The zero-order valence-electron chi connectivity index (χ0n) is 20.3. The van der Waals surface area contributed by atoms with Gasteiger partial charge >= 0.3 is 6.03 Å². The molecule has 1 aromatic carbocycles. The van der Waals surface area contributed by atoms with Gasteiger partial charge in [0.05, 0.1) is 5.69 Å². The summed E-state index contributed by atoms with van der Waals surface area (Å²) in [4.78, 5) is 32.9. The number of aryl methyl sites for hydroxylation is 2. The first kappa shape index (κ1) is 24.9. The minimum absolute atomic E-state index is 0.0761. The van der Waals surface area contributed by atoms with E-state index in [1.165, 1.54) is 6.07 Å². The van der Waals surface area contributed by atoms with E-state index >= 15 is 0 Å². The lowest BCUT2D eigenvalue weighted by Crippen LogP contribution is -2.44. The van der Waals surface area contributed by atoms with E-state index in [0.717, 1.165) is 65.4 Å². The van der Waals surface area contributed by atoms with Crippen LogP contribution in [0.1, 0.15) is 60.4 Å². The predicted molar refractivity (Wildman–Crippen MR) is 139 cm³/mol. The van der Waals surface area contributed by atoms with Crippen molar-refractivity contribution in [3.05, 3.63) is 51.3 Å². The molecule has 0 saturated carbocycles. The number of likely N-dealkylation sites (tertiary alicyclic amines) is 2. The second-order valence-corrected chi connectivity index (χ2v) is 11.3. The Bertz CT molecular complexity index is 1160. The van der Waals surface area contributed by atoms with Crippen LogP contribution in [0, 0.1) is 11.8 Å². The van der Waals surface area contributed by atoms with Crippen LogP contribution in [0.4, 0.5) is 4.79 Å². The van der Waals surface area contributed by atoms with Crippen LogP contribution in [-0.4, -0.2) is 63.1 Å². The van der Waals surface area contributed by atoms with Crippen LogP contribution in [0.3, 0.4) is 0 Å². The summed E-state index contributed by atoms with van der Waals surface area (Å²) in [5, 5.41) is 21.1. The van der Waals surface area contributed by atoms with Gasteiger partial charge in [0, 0.05) is 60.8 Å². The molecule has 5 rings (SSSR count). The lowest BCUT2D eigenvalue weighted by Gasteiger charge is -2.38. The summed E-state index contributed by atoms with van der Waals surface area (Å²) in [7, 11) is 0. The molecule has 0 bridgehead atoms. The summed E-state index contributed by atoms with van der Waals surface area (Å²) in [5.41, 5.74) is 9.36. The minimum Gasteiger partial charge on any atom is -0.508 e. The fourth-order valence-corrected chi connectivity index (χ4v) is 6.68. The third-order valence-corrected chi connectivity index (χ3v) is 8.65. The Morgan fingerprint density at radius 1 is 0.972 bits per heavy atom. The van der Waals surface area contributed by atoms with Crippen molar-refractivity contribution in [3.8, 4) is 11.5 Å². The number of carbonyl (C=O) groups excluding carboxylic acids is 2. The van der Waals surface area contributed by atoms with Gasteiger partial charge in [-0.3, -0.25) is 9.78 Å². The molecule has 1 unspecified atom stereocenters. The Hall–Kier alpha value is -2.81. The van der Waals surface area contributed by atoms with Crippen molar-refractivity contribution >= 4 is 27.9 Å². The molecule has 8 nitrogen and oxygen atoms in total. The van der Waals surface area contributed by atoms with Gasteiger partial charge in [-0.25, -0.2) is 4.79 Å². The topological polar surface area (TPSA) is 120 Å². The highest BCUT2D eigenvalue weighted by atomic mass is 79.9. The van der Waals surface area contributed by atoms with Crippen LogP contribution in [0.5, 0.6) is 11.5 Å². The van der Waals surface area contributed by atoms with Gasteiger partial charge in [-0.15, -0.1) is 0 Å². The number of phenolic OH excluding ortho intramolecular Hbond substituents is 2. The zero-order valence-corrected chi connectivity index (χ0v) is 21.9. The molecule has 4 N–H and O–H groups in total. The van der Waals surface area contributed by atoms with E-state index in [1.54, 1.807) is 11.0 Å². The maximum atomic E-state index is 13.1. The van der Waals surface area contributed by atoms with E-state index in [1.807, 2.05) is 11.1 Å². The molecular formula is C27H33BrN4O4. The lowest BCUT2D eigenvalue weighted by molar-refractivity contribution is -0.134. The number of primary amides is 1. The van der Waals surface area contributed by atoms with Gasteiger partial charge in [0.15, 0.2) is 0 Å². The number of aromatic hydroxyl groups is 2. The number of carbonyl (C=O) groups is 2. The highest BCUT2D eigenvalue weighted by Gasteiger charge is 2.37. The molecule has 1 aliphatic carbocycles. The molecule has 36 heavy (non-hydrogen) atoms. The van der Waals surface area contributed by atoms with Crippen molar-refractivity contribution in [2.45, 2.75) is 50.9 Å². The minimum atomic E-state index is -0.383. The van der Waals surface area contributed by atoms with Gasteiger partial charge in [0.1, 0.15) is 11.5 Å². The average Bonchev–Trinajstić information content (AvgIpc) is 3.01. The normalized spacial score (nSPS) is 21.0. The van der Waals surface area contributed by atoms with Gasteiger partial charge in [-0.2, -0.15) is 0 Å². The third kappa shape index (κ3) is 5.03. The average molecular weight is 557 g/mol.